The Morgan fingerprint density at radius 3 is 2.36 bits per heavy atom. The van der Waals surface area contributed by atoms with Crippen molar-refractivity contribution >= 4 is 41.0 Å². The summed E-state index contributed by atoms with van der Waals surface area (Å²) < 4.78 is 3.11. The molecule has 14 heavy (non-hydrogen) atoms. The summed E-state index contributed by atoms with van der Waals surface area (Å²) in [7, 11) is 0. The lowest BCUT2D eigenvalue weighted by Crippen LogP contribution is -2.12. The van der Waals surface area contributed by atoms with Gasteiger partial charge in [0, 0.05) is 0 Å². The molecule has 0 heterocycles. The normalized spacial score (nSPS) is 8.93. The van der Waals surface area contributed by atoms with Crippen LogP contribution < -0.4 is 3.69 Å². The Balaban J connectivity index is 0.00000169. The minimum atomic E-state index is 0. The average molecular weight is 267 g/mol. The number of unbranched alkanes of at least 4 members (excludes halogenated alkanes) is 3. The second-order valence-corrected chi connectivity index (χ2v) is 5.67. The van der Waals surface area contributed by atoms with E-state index in [9.17, 15) is 0 Å². The maximum absolute atomic E-state index is 2.28. The van der Waals surface area contributed by atoms with Crippen LogP contribution in [0.1, 0.15) is 32.6 Å². The molecule has 0 aliphatic carbocycles. The van der Waals surface area contributed by atoms with Crippen LogP contribution in [0.15, 0.2) is 30.3 Å². The molecule has 0 aliphatic rings. The van der Waals surface area contributed by atoms with E-state index in [1.165, 1.54) is 30.2 Å². The molecule has 1 aromatic rings. The SMILES string of the molecule is Br.CCCCC[CH2][Mg][c]1ccccc1. The molecule has 76 valence electrons. The van der Waals surface area contributed by atoms with E-state index in [0.29, 0.717) is 0 Å². The van der Waals surface area contributed by atoms with Crippen LogP contribution in [0.2, 0.25) is 4.55 Å². The van der Waals surface area contributed by atoms with Crippen molar-refractivity contribution in [3.63, 3.8) is 0 Å². The average Bonchev–Trinajstić information content (AvgIpc) is 2.19. The van der Waals surface area contributed by atoms with Crippen molar-refractivity contribution in [1.82, 2.24) is 0 Å². The fourth-order valence-electron chi connectivity index (χ4n) is 1.58. The van der Waals surface area contributed by atoms with E-state index < -0.39 is 0 Å². The molecular weight excluding hydrogens is 248 g/mol. The molecule has 0 radical (unpaired) electrons. The van der Waals surface area contributed by atoms with Crippen LogP contribution in [-0.4, -0.2) is 20.4 Å². The van der Waals surface area contributed by atoms with Crippen LogP contribution in [0.3, 0.4) is 0 Å². The van der Waals surface area contributed by atoms with Gasteiger partial charge < -0.3 is 0 Å². The molecule has 0 spiro atoms. The van der Waals surface area contributed by atoms with Crippen molar-refractivity contribution in [2.24, 2.45) is 0 Å². The molecule has 0 amide bonds. The van der Waals surface area contributed by atoms with Crippen LogP contribution >= 0.6 is 17.0 Å². The van der Waals surface area contributed by atoms with Gasteiger partial charge >= 0.3 is 20.4 Å². The van der Waals surface area contributed by atoms with E-state index in [4.69, 9.17) is 0 Å². The number of hydrogen-bond acceptors (Lipinski definition) is 0. The van der Waals surface area contributed by atoms with Gasteiger partial charge in [0.2, 0.25) is 0 Å². The molecule has 0 unspecified atom stereocenters. The molecule has 0 saturated carbocycles. The van der Waals surface area contributed by atoms with E-state index in [1.54, 1.807) is 3.69 Å². The van der Waals surface area contributed by atoms with Crippen LogP contribution in [-0.2, 0) is 0 Å². The van der Waals surface area contributed by atoms with Gasteiger partial charge in [-0.15, -0.1) is 21.5 Å². The van der Waals surface area contributed by atoms with Gasteiger partial charge in [-0.3, -0.25) is 0 Å². The van der Waals surface area contributed by atoms with Crippen LogP contribution in [0.4, 0.5) is 0 Å². The number of halogens is 1. The summed E-state index contributed by atoms with van der Waals surface area (Å²) in [6.45, 7) is 2.27. The largest absolute Gasteiger partial charge is 0.408 e. The van der Waals surface area contributed by atoms with Gasteiger partial charge in [-0.25, -0.2) is 0 Å². The molecule has 0 saturated heterocycles. The first-order valence-corrected chi connectivity index (χ1v) is 7.18. The third kappa shape index (κ3) is 6.85. The third-order valence-corrected chi connectivity index (χ3v) is 4.31. The zero-order chi connectivity index (χ0) is 9.36. The van der Waals surface area contributed by atoms with Crippen LogP contribution in [0, 0.1) is 0 Å². The minimum absolute atomic E-state index is 0. The third-order valence-electron chi connectivity index (χ3n) is 2.41. The van der Waals surface area contributed by atoms with E-state index in [0.717, 1.165) is 0 Å². The first kappa shape index (κ1) is 14.5. The monoisotopic (exact) mass is 266 g/mol. The summed E-state index contributed by atoms with van der Waals surface area (Å²) in [6, 6.07) is 11.0. The van der Waals surface area contributed by atoms with Gasteiger partial charge in [0.1, 0.15) is 0 Å². The molecule has 0 nitrogen and oxygen atoms in total. The number of rotatable bonds is 6. The zero-order valence-electron chi connectivity index (χ0n) is 9.04. The summed E-state index contributed by atoms with van der Waals surface area (Å²) in [6.07, 6.45) is 5.67. The molecule has 2 heteroatoms. The first-order valence-electron chi connectivity index (χ1n) is 5.47. The quantitative estimate of drug-likeness (QED) is 0.546. The maximum atomic E-state index is 2.28. The maximum Gasteiger partial charge on any atom is 0.408 e. The molecule has 0 aromatic heterocycles. The summed E-state index contributed by atoms with van der Waals surface area (Å²) in [5.74, 6) is 0. The summed E-state index contributed by atoms with van der Waals surface area (Å²) >= 11 is 0.0606. The second kappa shape index (κ2) is 10.0. The van der Waals surface area contributed by atoms with Gasteiger partial charge in [0.15, 0.2) is 0 Å². The predicted octanol–water partition coefficient (Wildman–Crippen LogP) is 3.59. The van der Waals surface area contributed by atoms with Gasteiger partial charge in [-0.05, 0) is 0 Å². The van der Waals surface area contributed by atoms with Gasteiger partial charge in [0.05, 0.1) is 0 Å². The number of hydrogen-bond donors (Lipinski definition) is 0. The highest BCUT2D eigenvalue weighted by Crippen LogP contribution is 2.01. The molecule has 1 aromatic carbocycles. The van der Waals surface area contributed by atoms with Crippen molar-refractivity contribution < 1.29 is 0 Å². The summed E-state index contributed by atoms with van der Waals surface area (Å²) in [5.41, 5.74) is 0. The number of benzene rings is 1. The van der Waals surface area contributed by atoms with E-state index in [-0.39, 0.29) is 37.3 Å². The Morgan fingerprint density at radius 2 is 1.71 bits per heavy atom. The smallest absolute Gasteiger partial charge is 0.174 e. The highest BCUT2D eigenvalue weighted by molar-refractivity contribution is 8.93. The highest BCUT2D eigenvalue weighted by atomic mass is 79.9. The fraction of sp³-hybridized carbons (Fsp3) is 0.500. The van der Waals surface area contributed by atoms with Gasteiger partial charge in [-0.1, -0.05) is 62.9 Å². The Hall–Kier alpha value is 0.466. The van der Waals surface area contributed by atoms with Crippen molar-refractivity contribution in [2.75, 3.05) is 0 Å². The Kier molecular flexibility index (Phi) is 10.3. The van der Waals surface area contributed by atoms with Crippen molar-refractivity contribution in [2.45, 2.75) is 37.2 Å². The molecular formula is C12H19BrMg. The van der Waals surface area contributed by atoms with Crippen molar-refractivity contribution in [3.05, 3.63) is 30.3 Å². The Labute approximate surface area is 108 Å². The van der Waals surface area contributed by atoms with Crippen LogP contribution in [0.5, 0.6) is 0 Å². The lowest BCUT2D eigenvalue weighted by molar-refractivity contribution is 0.701. The molecule has 0 aliphatic heterocycles. The standard InChI is InChI=1S/C6H5.C6H13.BrH.Mg/c1-2-4-6-5-3-1;1-3-5-6-4-2;;/h1-5H;1,3-6H2,2H3;1H;. The van der Waals surface area contributed by atoms with E-state index >= 15 is 0 Å². The molecule has 1 rings (SSSR count). The Morgan fingerprint density at radius 1 is 1.00 bits per heavy atom. The van der Waals surface area contributed by atoms with Crippen LogP contribution in [0.25, 0.3) is 0 Å². The van der Waals surface area contributed by atoms with E-state index in [2.05, 4.69) is 37.3 Å². The molecule has 0 fully saturated rings. The van der Waals surface area contributed by atoms with Crippen molar-refractivity contribution in [1.29, 1.82) is 0 Å². The van der Waals surface area contributed by atoms with E-state index in [1.807, 2.05) is 0 Å². The van der Waals surface area contributed by atoms with Gasteiger partial charge in [-0.2, -0.15) is 3.69 Å². The lowest BCUT2D eigenvalue weighted by Gasteiger charge is -1.98. The first-order chi connectivity index (χ1) is 6.43. The second-order valence-electron chi connectivity index (χ2n) is 3.65. The fourth-order valence-corrected chi connectivity index (χ4v) is 3.19. The lowest BCUT2D eigenvalue weighted by atomic mass is 10.2. The van der Waals surface area contributed by atoms with Gasteiger partial charge in [0.25, 0.3) is 0 Å². The summed E-state index contributed by atoms with van der Waals surface area (Å²) in [5, 5.41) is 0. The highest BCUT2D eigenvalue weighted by Gasteiger charge is 1.97. The van der Waals surface area contributed by atoms with Crippen molar-refractivity contribution in [3.8, 4) is 0 Å². The molecule has 0 bridgehead atoms. The molecule has 0 atom stereocenters. The zero-order valence-corrected chi connectivity index (χ0v) is 12.2. The molecule has 0 N–H and O–H groups in total. The Bertz CT molecular complexity index is 211. The predicted molar refractivity (Wildman–Crippen MR) is 71.1 cm³/mol. The topological polar surface area (TPSA) is 0 Å². The summed E-state index contributed by atoms with van der Waals surface area (Å²) in [4.78, 5) is 0. The minimum Gasteiger partial charge on any atom is -0.174 e.